The van der Waals surface area contributed by atoms with E-state index < -0.39 is 6.10 Å². The molecule has 2 atom stereocenters. The minimum absolute atomic E-state index is 0. The zero-order chi connectivity index (χ0) is 18.2. The Balaban J connectivity index is 0.00000261. The van der Waals surface area contributed by atoms with Crippen LogP contribution in [-0.4, -0.2) is 72.9 Å². The van der Waals surface area contributed by atoms with Crippen molar-refractivity contribution in [3.8, 4) is 0 Å². The van der Waals surface area contributed by atoms with Gasteiger partial charge in [-0.2, -0.15) is 0 Å². The van der Waals surface area contributed by atoms with E-state index in [1.54, 1.807) is 0 Å². The smallest absolute Gasteiger partial charge is 0.253 e. The molecule has 0 aromatic heterocycles. The molecule has 1 aliphatic heterocycles. The van der Waals surface area contributed by atoms with Crippen LogP contribution in [0.15, 0.2) is 42.5 Å². The lowest BCUT2D eigenvalue weighted by atomic mass is 9.95. The van der Waals surface area contributed by atoms with Gasteiger partial charge in [0.1, 0.15) is 0 Å². The highest BCUT2D eigenvalue weighted by molar-refractivity contribution is 5.94. The van der Waals surface area contributed by atoms with Crippen molar-refractivity contribution in [2.24, 2.45) is 5.92 Å². The first-order valence-corrected chi connectivity index (χ1v) is 9.70. The fourth-order valence-electron chi connectivity index (χ4n) is 3.63. The fourth-order valence-corrected chi connectivity index (χ4v) is 3.63. The van der Waals surface area contributed by atoms with Crippen LogP contribution >= 0.6 is 12.4 Å². The molecule has 0 spiro atoms. The molecule has 1 aromatic rings. The largest absolute Gasteiger partial charge is 0.389 e. The molecule has 1 fully saturated rings. The molecule has 0 radical (unpaired) electrons. The normalized spacial score (nSPS) is 21.5. The Hall–Kier alpha value is -1.40. The summed E-state index contributed by atoms with van der Waals surface area (Å²) in [7, 11) is 0. The fraction of sp³-hybridized carbons (Fsp3) is 0.571. The molecule has 1 saturated heterocycles. The first-order chi connectivity index (χ1) is 12.7. The molecular weight excluding hydrogens is 364 g/mol. The van der Waals surface area contributed by atoms with Gasteiger partial charge in [0.25, 0.3) is 5.91 Å². The van der Waals surface area contributed by atoms with Gasteiger partial charge in [-0.3, -0.25) is 9.69 Å². The lowest BCUT2D eigenvalue weighted by molar-refractivity contribution is -0.00300. The summed E-state index contributed by atoms with van der Waals surface area (Å²) in [5.41, 5.74) is 0.743. The number of amides is 1. The highest BCUT2D eigenvalue weighted by Gasteiger charge is 2.23. The van der Waals surface area contributed by atoms with Gasteiger partial charge in [0.05, 0.1) is 12.7 Å². The Kier molecular flexibility index (Phi) is 9.28. The minimum atomic E-state index is -0.467. The van der Waals surface area contributed by atoms with Crippen molar-refractivity contribution in [2.45, 2.75) is 25.4 Å². The lowest BCUT2D eigenvalue weighted by Gasteiger charge is -2.35. The van der Waals surface area contributed by atoms with Crippen molar-refractivity contribution in [3.63, 3.8) is 0 Å². The third-order valence-corrected chi connectivity index (χ3v) is 5.19. The van der Waals surface area contributed by atoms with Crippen LogP contribution in [-0.2, 0) is 4.74 Å². The van der Waals surface area contributed by atoms with Crippen LogP contribution in [0.2, 0.25) is 0 Å². The number of carbonyl (C=O) groups is 1. The van der Waals surface area contributed by atoms with Crippen LogP contribution in [0, 0.1) is 5.92 Å². The van der Waals surface area contributed by atoms with E-state index in [1.165, 1.54) is 6.42 Å². The van der Waals surface area contributed by atoms with Gasteiger partial charge in [-0.1, -0.05) is 30.4 Å². The van der Waals surface area contributed by atoms with Gasteiger partial charge in [-0.05, 0) is 37.3 Å². The van der Waals surface area contributed by atoms with Crippen molar-refractivity contribution in [2.75, 3.05) is 45.9 Å². The highest BCUT2D eigenvalue weighted by atomic mass is 35.5. The predicted molar refractivity (Wildman–Crippen MR) is 109 cm³/mol. The first-order valence-electron chi connectivity index (χ1n) is 9.70. The number of benzene rings is 1. The molecule has 1 heterocycles. The molecule has 1 amide bonds. The number of halogens is 1. The van der Waals surface area contributed by atoms with E-state index in [9.17, 15) is 9.90 Å². The zero-order valence-electron chi connectivity index (χ0n) is 15.8. The van der Waals surface area contributed by atoms with Crippen LogP contribution in [0.4, 0.5) is 0 Å². The number of nitrogens with zero attached hydrogens (tertiary/aromatic N) is 2. The quantitative estimate of drug-likeness (QED) is 0.722. The number of piperazine rings is 1. The maximum Gasteiger partial charge on any atom is 0.253 e. The number of aliphatic hydroxyl groups excluding tert-OH is 1. The SMILES string of the molecule is Cl.O=C(c1ccccc1)N1CCN(CC(O)COCC2CC=CCC2)CC1. The molecule has 27 heavy (non-hydrogen) atoms. The maximum absolute atomic E-state index is 12.5. The summed E-state index contributed by atoms with van der Waals surface area (Å²) in [5, 5.41) is 10.2. The Morgan fingerprint density at radius 3 is 2.56 bits per heavy atom. The first kappa shape index (κ1) is 21.9. The Labute approximate surface area is 168 Å². The van der Waals surface area contributed by atoms with E-state index in [2.05, 4.69) is 17.1 Å². The molecule has 0 saturated carbocycles. The van der Waals surface area contributed by atoms with Crippen molar-refractivity contribution in [1.82, 2.24) is 9.80 Å². The van der Waals surface area contributed by atoms with Gasteiger partial charge in [-0.25, -0.2) is 0 Å². The molecule has 1 aliphatic carbocycles. The van der Waals surface area contributed by atoms with Crippen LogP contribution in [0.5, 0.6) is 0 Å². The Bertz CT molecular complexity index is 588. The number of β-amino-alcohol motifs (C(OH)–C–C–N with tert-alkyl or cyclic N) is 1. The van der Waals surface area contributed by atoms with Crippen LogP contribution in [0.3, 0.4) is 0 Å². The summed E-state index contributed by atoms with van der Waals surface area (Å²) in [6.07, 6.45) is 7.41. The second-order valence-electron chi connectivity index (χ2n) is 7.30. The topological polar surface area (TPSA) is 53.0 Å². The number of ether oxygens (including phenoxy) is 1. The molecule has 1 aromatic carbocycles. The summed E-state index contributed by atoms with van der Waals surface area (Å²) in [6.45, 7) is 4.74. The molecule has 6 heteroatoms. The van der Waals surface area contributed by atoms with E-state index in [-0.39, 0.29) is 18.3 Å². The summed E-state index contributed by atoms with van der Waals surface area (Å²) in [6, 6.07) is 9.42. The van der Waals surface area contributed by atoms with Gasteiger partial charge in [0.15, 0.2) is 0 Å². The molecular formula is C21H31ClN2O3. The molecule has 2 unspecified atom stereocenters. The van der Waals surface area contributed by atoms with Crippen molar-refractivity contribution >= 4 is 18.3 Å². The third kappa shape index (κ3) is 6.92. The highest BCUT2D eigenvalue weighted by Crippen LogP contribution is 2.18. The van der Waals surface area contributed by atoms with E-state index in [0.29, 0.717) is 32.2 Å². The number of hydrogen-bond acceptors (Lipinski definition) is 4. The average molecular weight is 395 g/mol. The maximum atomic E-state index is 12.5. The molecule has 2 aliphatic rings. The third-order valence-electron chi connectivity index (χ3n) is 5.19. The Morgan fingerprint density at radius 1 is 1.15 bits per heavy atom. The van der Waals surface area contributed by atoms with Crippen molar-refractivity contribution in [1.29, 1.82) is 0 Å². The predicted octanol–water partition coefficient (Wildman–Crippen LogP) is 2.60. The van der Waals surface area contributed by atoms with Crippen molar-refractivity contribution in [3.05, 3.63) is 48.0 Å². The Morgan fingerprint density at radius 2 is 1.89 bits per heavy atom. The summed E-state index contributed by atoms with van der Waals surface area (Å²) in [5.74, 6) is 0.690. The summed E-state index contributed by atoms with van der Waals surface area (Å²) < 4.78 is 5.72. The molecule has 3 rings (SSSR count). The molecule has 0 bridgehead atoms. The summed E-state index contributed by atoms with van der Waals surface area (Å²) in [4.78, 5) is 16.6. The number of carbonyl (C=O) groups excluding carboxylic acids is 1. The minimum Gasteiger partial charge on any atom is -0.389 e. The van der Waals surface area contributed by atoms with Gasteiger partial charge >= 0.3 is 0 Å². The molecule has 150 valence electrons. The molecule has 1 N–H and O–H groups in total. The van der Waals surface area contributed by atoms with Crippen molar-refractivity contribution < 1.29 is 14.6 Å². The van der Waals surface area contributed by atoms with Crippen LogP contribution in [0.25, 0.3) is 0 Å². The average Bonchev–Trinajstić information content (AvgIpc) is 2.69. The standard InChI is InChI=1S/C21H30N2O3.ClH/c24-20(17-26-16-18-7-3-1-4-8-18)15-22-11-13-23(14-12-22)21(25)19-9-5-2-6-10-19;/h1-3,5-6,9-10,18,20,24H,4,7-8,11-17H2;1H. The molecule has 5 nitrogen and oxygen atoms in total. The van der Waals surface area contributed by atoms with E-state index in [1.807, 2.05) is 35.2 Å². The van der Waals surface area contributed by atoms with E-state index in [0.717, 1.165) is 38.1 Å². The zero-order valence-corrected chi connectivity index (χ0v) is 16.7. The second-order valence-corrected chi connectivity index (χ2v) is 7.30. The number of allylic oxidation sites excluding steroid dienone is 2. The lowest BCUT2D eigenvalue weighted by Crippen LogP contribution is -2.50. The van der Waals surface area contributed by atoms with Crippen LogP contribution in [0.1, 0.15) is 29.6 Å². The number of rotatable bonds is 7. The number of hydrogen-bond donors (Lipinski definition) is 1. The number of aliphatic hydroxyl groups is 1. The van der Waals surface area contributed by atoms with E-state index >= 15 is 0 Å². The van der Waals surface area contributed by atoms with Crippen LogP contribution < -0.4 is 0 Å². The second kappa shape index (κ2) is 11.4. The summed E-state index contributed by atoms with van der Waals surface area (Å²) >= 11 is 0. The van der Waals surface area contributed by atoms with E-state index in [4.69, 9.17) is 4.74 Å². The monoisotopic (exact) mass is 394 g/mol. The van der Waals surface area contributed by atoms with Gasteiger partial charge < -0.3 is 14.7 Å². The van der Waals surface area contributed by atoms with Gasteiger partial charge in [0, 0.05) is 44.9 Å². The van der Waals surface area contributed by atoms with Gasteiger partial charge in [0.2, 0.25) is 0 Å². The van der Waals surface area contributed by atoms with Gasteiger partial charge in [-0.15, -0.1) is 12.4 Å².